The fourth-order valence-electron chi connectivity index (χ4n) is 2.82. The highest BCUT2D eigenvalue weighted by Crippen LogP contribution is 2.30. The van der Waals surface area contributed by atoms with E-state index < -0.39 is 0 Å². The van der Waals surface area contributed by atoms with Crippen LogP contribution in [-0.2, 0) is 0 Å². The third-order valence-electron chi connectivity index (χ3n) is 3.29. The Morgan fingerprint density at radius 1 is 1.33 bits per heavy atom. The molecule has 0 radical (unpaired) electrons. The SMILES string of the molecule is CNCC(C)(C)CN1CCCC(C)(C)C1. The first-order valence-corrected chi connectivity index (χ1v) is 6.22. The van der Waals surface area contributed by atoms with Crippen LogP contribution in [0.4, 0.5) is 0 Å². The number of rotatable bonds is 4. The molecular weight excluding hydrogens is 184 g/mol. The van der Waals surface area contributed by atoms with Crippen molar-refractivity contribution in [2.75, 3.05) is 33.2 Å². The lowest BCUT2D eigenvalue weighted by atomic mass is 9.82. The molecule has 0 aromatic carbocycles. The minimum absolute atomic E-state index is 0.391. The minimum atomic E-state index is 0.391. The lowest BCUT2D eigenvalue weighted by molar-refractivity contribution is 0.0812. The molecule has 2 heteroatoms. The van der Waals surface area contributed by atoms with Crippen LogP contribution in [0.5, 0.6) is 0 Å². The summed E-state index contributed by atoms with van der Waals surface area (Å²) in [5.41, 5.74) is 0.913. The number of piperidine rings is 1. The first kappa shape index (κ1) is 13.0. The van der Waals surface area contributed by atoms with Gasteiger partial charge in [0, 0.05) is 19.6 Å². The summed E-state index contributed by atoms with van der Waals surface area (Å²) >= 11 is 0. The van der Waals surface area contributed by atoms with Crippen molar-refractivity contribution in [1.82, 2.24) is 10.2 Å². The van der Waals surface area contributed by atoms with E-state index in [1.54, 1.807) is 0 Å². The second kappa shape index (κ2) is 4.84. The quantitative estimate of drug-likeness (QED) is 0.769. The van der Waals surface area contributed by atoms with Crippen LogP contribution in [0.2, 0.25) is 0 Å². The molecule has 1 rings (SSSR count). The molecule has 0 spiro atoms. The van der Waals surface area contributed by atoms with E-state index in [9.17, 15) is 0 Å². The Balaban J connectivity index is 2.44. The van der Waals surface area contributed by atoms with Gasteiger partial charge in [-0.3, -0.25) is 0 Å². The normalized spacial score (nSPS) is 23.0. The second-order valence-corrected chi connectivity index (χ2v) is 6.67. The number of nitrogens with one attached hydrogen (secondary N) is 1. The number of hydrogen-bond acceptors (Lipinski definition) is 2. The van der Waals surface area contributed by atoms with Gasteiger partial charge in [-0.1, -0.05) is 27.7 Å². The fourth-order valence-corrected chi connectivity index (χ4v) is 2.82. The molecule has 1 saturated heterocycles. The standard InChI is InChI=1S/C13H28N2/c1-12(2)7-6-8-15(10-12)11-13(3,4)9-14-5/h14H,6-11H2,1-5H3. The van der Waals surface area contributed by atoms with Gasteiger partial charge >= 0.3 is 0 Å². The third kappa shape index (κ3) is 4.52. The van der Waals surface area contributed by atoms with Gasteiger partial charge in [0.1, 0.15) is 0 Å². The van der Waals surface area contributed by atoms with Crippen molar-refractivity contribution in [2.45, 2.75) is 40.5 Å². The Kier molecular flexibility index (Phi) is 4.19. The summed E-state index contributed by atoms with van der Waals surface area (Å²) in [6, 6.07) is 0. The molecule has 0 amide bonds. The van der Waals surface area contributed by atoms with Gasteiger partial charge in [-0.25, -0.2) is 0 Å². The summed E-state index contributed by atoms with van der Waals surface area (Å²) < 4.78 is 0. The van der Waals surface area contributed by atoms with Crippen molar-refractivity contribution >= 4 is 0 Å². The maximum atomic E-state index is 3.29. The summed E-state index contributed by atoms with van der Waals surface area (Å²) in [7, 11) is 2.04. The average molecular weight is 212 g/mol. The van der Waals surface area contributed by atoms with Crippen molar-refractivity contribution < 1.29 is 0 Å². The molecule has 0 aliphatic carbocycles. The van der Waals surface area contributed by atoms with Crippen LogP contribution >= 0.6 is 0 Å². The molecule has 2 nitrogen and oxygen atoms in total. The summed E-state index contributed by atoms with van der Waals surface area (Å²) in [5.74, 6) is 0. The Labute approximate surface area is 95.4 Å². The highest BCUT2D eigenvalue weighted by molar-refractivity contribution is 4.83. The predicted octanol–water partition coefficient (Wildman–Crippen LogP) is 2.35. The average Bonchev–Trinajstić information content (AvgIpc) is 1.99. The lowest BCUT2D eigenvalue weighted by Crippen LogP contribution is -2.46. The van der Waals surface area contributed by atoms with E-state index in [0.717, 1.165) is 6.54 Å². The third-order valence-corrected chi connectivity index (χ3v) is 3.29. The number of nitrogens with zero attached hydrogens (tertiary/aromatic N) is 1. The zero-order valence-corrected chi connectivity index (χ0v) is 11.2. The first-order valence-electron chi connectivity index (χ1n) is 6.22. The van der Waals surface area contributed by atoms with Crippen LogP contribution in [0.1, 0.15) is 40.5 Å². The molecule has 1 aliphatic rings. The Morgan fingerprint density at radius 2 is 2.00 bits per heavy atom. The monoisotopic (exact) mass is 212 g/mol. The van der Waals surface area contributed by atoms with Gasteiger partial charge in [0.05, 0.1) is 0 Å². The topological polar surface area (TPSA) is 15.3 Å². The number of likely N-dealkylation sites (tertiary alicyclic amines) is 1. The first-order chi connectivity index (χ1) is 6.85. The van der Waals surface area contributed by atoms with E-state index in [0.29, 0.717) is 10.8 Å². The van der Waals surface area contributed by atoms with E-state index in [2.05, 4.69) is 37.9 Å². The number of hydrogen-bond donors (Lipinski definition) is 1. The van der Waals surface area contributed by atoms with Gasteiger partial charge in [0.2, 0.25) is 0 Å². The van der Waals surface area contributed by atoms with Crippen LogP contribution in [-0.4, -0.2) is 38.1 Å². The lowest BCUT2D eigenvalue weighted by Gasteiger charge is -2.41. The predicted molar refractivity (Wildman–Crippen MR) is 67.2 cm³/mol. The molecule has 90 valence electrons. The highest BCUT2D eigenvalue weighted by atomic mass is 15.1. The largest absolute Gasteiger partial charge is 0.319 e. The molecule has 0 unspecified atom stereocenters. The van der Waals surface area contributed by atoms with Gasteiger partial charge in [-0.15, -0.1) is 0 Å². The zero-order chi connectivity index (χ0) is 11.5. The molecule has 0 saturated carbocycles. The van der Waals surface area contributed by atoms with Gasteiger partial charge < -0.3 is 10.2 Å². The summed E-state index contributed by atoms with van der Waals surface area (Å²) in [5, 5.41) is 3.29. The maximum absolute atomic E-state index is 3.29. The Bertz CT molecular complexity index is 197. The zero-order valence-electron chi connectivity index (χ0n) is 11.2. The maximum Gasteiger partial charge on any atom is 0.00451 e. The van der Waals surface area contributed by atoms with Crippen LogP contribution in [0.25, 0.3) is 0 Å². The van der Waals surface area contributed by atoms with Gasteiger partial charge in [0.25, 0.3) is 0 Å². The van der Waals surface area contributed by atoms with Crippen LogP contribution in [0.15, 0.2) is 0 Å². The fraction of sp³-hybridized carbons (Fsp3) is 1.00. The molecular formula is C13H28N2. The van der Waals surface area contributed by atoms with Crippen molar-refractivity contribution in [3.05, 3.63) is 0 Å². The Hall–Kier alpha value is -0.0800. The van der Waals surface area contributed by atoms with Crippen LogP contribution < -0.4 is 5.32 Å². The van der Waals surface area contributed by atoms with Crippen molar-refractivity contribution in [2.24, 2.45) is 10.8 Å². The van der Waals surface area contributed by atoms with Crippen molar-refractivity contribution in [1.29, 1.82) is 0 Å². The smallest absolute Gasteiger partial charge is 0.00451 e. The molecule has 15 heavy (non-hydrogen) atoms. The highest BCUT2D eigenvalue weighted by Gasteiger charge is 2.29. The van der Waals surface area contributed by atoms with E-state index >= 15 is 0 Å². The van der Waals surface area contributed by atoms with Crippen LogP contribution in [0.3, 0.4) is 0 Å². The van der Waals surface area contributed by atoms with E-state index in [4.69, 9.17) is 0 Å². The molecule has 0 atom stereocenters. The molecule has 0 bridgehead atoms. The summed E-state index contributed by atoms with van der Waals surface area (Å²) in [6.07, 6.45) is 2.75. The van der Waals surface area contributed by atoms with Crippen molar-refractivity contribution in [3.8, 4) is 0 Å². The minimum Gasteiger partial charge on any atom is -0.319 e. The summed E-state index contributed by atoms with van der Waals surface area (Å²) in [6.45, 7) is 14.4. The molecule has 1 fully saturated rings. The van der Waals surface area contributed by atoms with E-state index in [-0.39, 0.29) is 0 Å². The Morgan fingerprint density at radius 3 is 2.53 bits per heavy atom. The molecule has 1 aliphatic heterocycles. The summed E-state index contributed by atoms with van der Waals surface area (Å²) in [4.78, 5) is 2.64. The molecule has 0 aromatic rings. The molecule has 0 aromatic heterocycles. The van der Waals surface area contributed by atoms with E-state index in [1.165, 1.54) is 32.5 Å². The molecule has 1 heterocycles. The van der Waals surface area contributed by atoms with Crippen molar-refractivity contribution in [3.63, 3.8) is 0 Å². The van der Waals surface area contributed by atoms with Gasteiger partial charge in [0.15, 0.2) is 0 Å². The van der Waals surface area contributed by atoms with Gasteiger partial charge in [-0.2, -0.15) is 0 Å². The second-order valence-electron chi connectivity index (χ2n) is 6.67. The van der Waals surface area contributed by atoms with E-state index in [1.807, 2.05) is 7.05 Å². The van der Waals surface area contributed by atoms with Crippen LogP contribution in [0, 0.1) is 10.8 Å². The molecule has 1 N–H and O–H groups in total. The van der Waals surface area contributed by atoms with Gasteiger partial charge in [-0.05, 0) is 37.3 Å².